The smallest absolute Gasteiger partial charge is 0.387 e. The van der Waals surface area contributed by atoms with E-state index in [2.05, 4.69) is 14.8 Å². The fraction of sp³-hybridized carbons (Fsp3) is 0.235. The third-order valence-electron chi connectivity index (χ3n) is 3.76. The maximum absolute atomic E-state index is 12.5. The Hall–Kier alpha value is -2.74. The van der Waals surface area contributed by atoms with Crippen molar-refractivity contribution in [1.29, 1.82) is 0 Å². The lowest BCUT2D eigenvalue weighted by molar-refractivity contribution is -0.129. The molecule has 9 heteroatoms. The number of rotatable bonds is 5. The molecular weight excluding hydrogens is 366 g/mol. The van der Waals surface area contributed by atoms with Gasteiger partial charge in [0.2, 0.25) is 5.91 Å². The second-order valence-corrected chi connectivity index (χ2v) is 6.15. The lowest BCUT2D eigenvalue weighted by atomic mass is 10.1. The van der Waals surface area contributed by atoms with Crippen LogP contribution in [0.25, 0.3) is 22.2 Å². The van der Waals surface area contributed by atoms with Gasteiger partial charge in [0.05, 0.1) is 16.7 Å². The minimum absolute atomic E-state index is 0.0714. The summed E-state index contributed by atoms with van der Waals surface area (Å²) >= 11 is 5.89. The van der Waals surface area contributed by atoms with E-state index in [1.165, 1.54) is 17.0 Å². The zero-order valence-corrected chi connectivity index (χ0v) is 14.7. The summed E-state index contributed by atoms with van der Waals surface area (Å²) in [5.74, 6) is -0.227. The van der Waals surface area contributed by atoms with Gasteiger partial charge in [-0.15, -0.1) is 0 Å². The summed E-state index contributed by atoms with van der Waals surface area (Å²) in [7, 11) is 3.33. The molecule has 0 N–H and O–H groups in total. The summed E-state index contributed by atoms with van der Waals surface area (Å²) in [6.07, 6.45) is 3.16. The third kappa shape index (κ3) is 3.75. The monoisotopic (exact) mass is 380 g/mol. The van der Waals surface area contributed by atoms with Crippen LogP contribution in [-0.2, 0) is 11.3 Å². The van der Waals surface area contributed by atoms with Gasteiger partial charge in [-0.3, -0.25) is 14.5 Å². The van der Waals surface area contributed by atoms with E-state index in [1.807, 2.05) is 0 Å². The van der Waals surface area contributed by atoms with E-state index < -0.39 is 6.61 Å². The lowest BCUT2D eigenvalue weighted by Crippen LogP contribution is -2.26. The van der Waals surface area contributed by atoms with E-state index in [0.29, 0.717) is 22.2 Å². The third-order valence-corrected chi connectivity index (χ3v) is 4.07. The number of hydrogen-bond donors (Lipinski definition) is 0. The highest BCUT2D eigenvalue weighted by molar-refractivity contribution is 6.32. The van der Waals surface area contributed by atoms with Crippen LogP contribution in [0.1, 0.15) is 0 Å². The van der Waals surface area contributed by atoms with Crippen molar-refractivity contribution in [1.82, 2.24) is 19.7 Å². The van der Waals surface area contributed by atoms with Crippen molar-refractivity contribution < 1.29 is 18.3 Å². The molecule has 0 spiro atoms. The van der Waals surface area contributed by atoms with Crippen LogP contribution < -0.4 is 4.74 Å². The van der Waals surface area contributed by atoms with E-state index in [-0.39, 0.29) is 23.2 Å². The number of carbonyl (C=O) groups is 1. The van der Waals surface area contributed by atoms with Crippen LogP contribution in [0.2, 0.25) is 5.02 Å². The largest absolute Gasteiger partial charge is 0.433 e. The molecule has 0 aliphatic carbocycles. The van der Waals surface area contributed by atoms with Crippen LogP contribution in [-0.4, -0.2) is 46.3 Å². The molecule has 0 bridgehead atoms. The van der Waals surface area contributed by atoms with Gasteiger partial charge >= 0.3 is 6.61 Å². The molecule has 0 aliphatic heterocycles. The quantitative estimate of drug-likeness (QED) is 0.680. The van der Waals surface area contributed by atoms with E-state index >= 15 is 0 Å². The van der Waals surface area contributed by atoms with Gasteiger partial charge in [-0.05, 0) is 23.8 Å². The van der Waals surface area contributed by atoms with Gasteiger partial charge in [0.25, 0.3) is 0 Å². The van der Waals surface area contributed by atoms with Gasteiger partial charge in [-0.1, -0.05) is 17.7 Å². The van der Waals surface area contributed by atoms with Crippen LogP contribution in [0.4, 0.5) is 8.78 Å². The molecule has 1 aromatic carbocycles. The molecule has 0 unspecified atom stereocenters. The zero-order chi connectivity index (χ0) is 18.8. The van der Waals surface area contributed by atoms with Crippen LogP contribution in [0.5, 0.6) is 5.75 Å². The molecule has 2 heterocycles. The number of hydrogen-bond acceptors (Lipinski definition) is 4. The van der Waals surface area contributed by atoms with Crippen molar-refractivity contribution in [2.45, 2.75) is 13.2 Å². The van der Waals surface area contributed by atoms with Crippen molar-refractivity contribution in [3.05, 3.63) is 41.7 Å². The Balaban J connectivity index is 2.00. The number of benzene rings is 1. The Bertz CT molecular complexity index is 959. The average molecular weight is 381 g/mol. The van der Waals surface area contributed by atoms with Gasteiger partial charge in [0.1, 0.15) is 17.8 Å². The Labute approximate surface area is 152 Å². The zero-order valence-electron chi connectivity index (χ0n) is 14.0. The summed E-state index contributed by atoms with van der Waals surface area (Å²) in [4.78, 5) is 17.7. The first-order chi connectivity index (χ1) is 12.3. The number of alkyl halides is 2. The number of pyridine rings is 1. The molecule has 3 rings (SSSR count). The molecule has 136 valence electrons. The Kier molecular flexibility index (Phi) is 5.03. The summed E-state index contributed by atoms with van der Waals surface area (Å²) in [5, 5.41) is 4.27. The molecule has 0 radical (unpaired) electrons. The second-order valence-electron chi connectivity index (χ2n) is 5.74. The van der Waals surface area contributed by atoms with Crippen LogP contribution in [0, 0.1) is 0 Å². The topological polar surface area (TPSA) is 60.2 Å². The van der Waals surface area contributed by atoms with E-state index in [0.717, 1.165) is 0 Å². The molecule has 0 aliphatic rings. The highest BCUT2D eigenvalue weighted by Gasteiger charge is 2.13. The number of likely N-dealkylation sites (N-methyl/N-ethyl adjacent to an activating group) is 1. The molecule has 26 heavy (non-hydrogen) atoms. The minimum atomic E-state index is -2.97. The number of carbonyl (C=O) groups excluding carboxylic acids is 1. The molecule has 0 fully saturated rings. The predicted octanol–water partition coefficient (Wildman–Crippen LogP) is 3.44. The highest BCUT2D eigenvalue weighted by atomic mass is 35.5. The lowest BCUT2D eigenvalue weighted by Gasteiger charge is -2.11. The Morgan fingerprint density at radius 1 is 1.27 bits per heavy atom. The Morgan fingerprint density at radius 2 is 2.04 bits per heavy atom. The summed E-state index contributed by atoms with van der Waals surface area (Å²) < 4.78 is 31.0. The van der Waals surface area contributed by atoms with Crippen molar-refractivity contribution in [2.24, 2.45) is 0 Å². The van der Waals surface area contributed by atoms with Crippen molar-refractivity contribution in [3.8, 4) is 16.9 Å². The van der Waals surface area contributed by atoms with Crippen molar-refractivity contribution in [3.63, 3.8) is 0 Å². The molecule has 2 aromatic heterocycles. The SMILES string of the molecule is CN(C)C(=O)Cn1ncc2ncc(-c3ccc(Cl)c(OC(F)F)c3)cc21. The van der Waals surface area contributed by atoms with Crippen LogP contribution in [0.15, 0.2) is 36.7 Å². The molecule has 0 atom stereocenters. The molecule has 1 amide bonds. The van der Waals surface area contributed by atoms with Crippen molar-refractivity contribution in [2.75, 3.05) is 14.1 Å². The number of nitrogens with zero attached hydrogens (tertiary/aromatic N) is 4. The number of amides is 1. The van der Waals surface area contributed by atoms with E-state index in [9.17, 15) is 13.6 Å². The number of ether oxygens (including phenoxy) is 1. The molecular formula is C17H15ClF2N4O2. The molecule has 0 saturated heterocycles. The standard InChI is InChI=1S/C17H15ClF2N4O2/c1-23(2)16(25)9-24-14-5-11(7-21-13(14)8-22-24)10-3-4-12(18)15(6-10)26-17(19)20/h3-8,17H,9H2,1-2H3. The first-order valence-electron chi connectivity index (χ1n) is 7.61. The molecule has 6 nitrogen and oxygen atoms in total. The van der Waals surface area contributed by atoms with Crippen molar-refractivity contribution >= 4 is 28.5 Å². The summed E-state index contributed by atoms with van der Waals surface area (Å²) in [6.45, 7) is -2.90. The summed E-state index contributed by atoms with van der Waals surface area (Å²) in [5.41, 5.74) is 2.54. The maximum atomic E-state index is 12.5. The number of aromatic nitrogens is 3. The fourth-order valence-electron chi connectivity index (χ4n) is 2.38. The maximum Gasteiger partial charge on any atom is 0.387 e. The van der Waals surface area contributed by atoms with Gasteiger partial charge in [-0.2, -0.15) is 13.9 Å². The van der Waals surface area contributed by atoms with Crippen LogP contribution >= 0.6 is 11.6 Å². The average Bonchev–Trinajstić information content (AvgIpc) is 2.98. The van der Waals surface area contributed by atoms with Gasteiger partial charge in [-0.25, -0.2) is 0 Å². The normalized spacial score (nSPS) is 11.2. The van der Waals surface area contributed by atoms with Crippen LogP contribution in [0.3, 0.4) is 0 Å². The molecule has 0 saturated carbocycles. The predicted molar refractivity (Wildman–Crippen MR) is 93.3 cm³/mol. The van der Waals surface area contributed by atoms with E-state index in [1.54, 1.807) is 43.3 Å². The minimum Gasteiger partial charge on any atom is -0.433 e. The van der Waals surface area contributed by atoms with Gasteiger partial charge in [0.15, 0.2) is 0 Å². The molecule has 3 aromatic rings. The first kappa shape index (κ1) is 18.1. The Morgan fingerprint density at radius 3 is 2.73 bits per heavy atom. The van der Waals surface area contributed by atoms with Gasteiger partial charge < -0.3 is 9.64 Å². The van der Waals surface area contributed by atoms with Gasteiger partial charge in [0, 0.05) is 25.9 Å². The number of halogens is 3. The van der Waals surface area contributed by atoms with E-state index in [4.69, 9.17) is 11.6 Å². The summed E-state index contributed by atoms with van der Waals surface area (Å²) in [6, 6.07) is 6.36. The fourth-order valence-corrected chi connectivity index (χ4v) is 2.54. The highest BCUT2D eigenvalue weighted by Crippen LogP contribution is 2.32. The first-order valence-corrected chi connectivity index (χ1v) is 7.99. The second kappa shape index (κ2) is 7.25. The number of fused-ring (bicyclic) bond motifs is 1.